The van der Waals surface area contributed by atoms with E-state index in [9.17, 15) is 5.11 Å². The van der Waals surface area contributed by atoms with E-state index < -0.39 is 0 Å². The molecule has 96 valence electrons. The van der Waals surface area contributed by atoms with Crippen LogP contribution in [0.5, 0.6) is 5.75 Å². The van der Waals surface area contributed by atoms with Crippen molar-refractivity contribution in [3.8, 4) is 5.75 Å². The second kappa shape index (κ2) is 5.97. The fraction of sp³-hybridized carbons (Fsp3) is 0.333. The minimum absolute atomic E-state index is 0.294. The van der Waals surface area contributed by atoms with E-state index in [1.807, 2.05) is 19.1 Å². The Balaban J connectivity index is 1.90. The van der Waals surface area contributed by atoms with Crippen molar-refractivity contribution in [3.63, 3.8) is 0 Å². The van der Waals surface area contributed by atoms with E-state index in [4.69, 9.17) is 0 Å². The first-order valence-electron chi connectivity index (χ1n) is 5.76. The molecule has 0 saturated heterocycles. The number of hydrogen-bond acceptors (Lipinski definition) is 4. The molecular formula is C12H15BrN4O. The van der Waals surface area contributed by atoms with Gasteiger partial charge in [-0.3, -0.25) is 0 Å². The molecule has 0 aliphatic heterocycles. The first kappa shape index (κ1) is 13.0. The van der Waals surface area contributed by atoms with E-state index in [-0.39, 0.29) is 0 Å². The topological polar surface area (TPSA) is 63.0 Å². The zero-order valence-corrected chi connectivity index (χ0v) is 11.7. The summed E-state index contributed by atoms with van der Waals surface area (Å²) in [5.74, 6) is 0.294. The van der Waals surface area contributed by atoms with Crippen LogP contribution in [0.1, 0.15) is 18.2 Å². The second-order valence-corrected chi connectivity index (χ2v) is 4.82. The number of phenolic OH excluding ortho intramolecular Hbond substituents is 1. The highest BCUT2D eigenvalue weighted by Crippen LogP contribution is 2.21. The average molecular weight is 311 g/mol. The third kappa shape index (κ3) is 3.30. The van der Waals surface area contributed by atoms with Crippen LogP contribution in [0, 0.1) is 0 Å². The van der Waals surface area contributed by atoms with Gasteiger partial charge in [0.15, 0.2) is 0 Å². The number of halogens is 1. The molecular weight excluding hydrogens is 296 g/mol. The highest BCUT2D eigenvalue weighted by molar-refractivity contribution is 9.10. The predicted octanol–water partition coefficient (Wildman–Crippen LogP) is 2.06. The monoisotopic (exact) mass is 310 g/mol. The van der Waals surface area contributed by atoms with Crippen molar-refractivity contribution < 1.29 is 5.11 Å². The van der Waals surface area contributed by atoms with Crippen molar-refractivity contribution >= 4 is 15.9 Å². The minimum atomic E-state index is 0.294. The summed E-state index contributed by atoms with van der Waals surface area (Å²) in [5, 5.41) is 21.3. The summed E-state index contributed by atoms with van der Waals surface area (Å²) >= 11 is 3.38. The summed E-state index contributed by atoms with van der Waals surface area (Å²) < 4.78 is 0.953. The Morgan fingerprint density at radius 3 is 2.94 bits per heavy atom. The molecule has 6 heteroatoms. The van der Waals surface area contributed by atoms with Gasteiger partial charge in [0, 0.05) is 23.1 Å². The number of phenols is 1. The van der Waals surface area contributed by atoms with Gasteiger partial charge in [0.25, 0.3) is 0 Å². The Hall–Kier alpha value is -1.40. The maximum absolute atomic E-state index is 9.68. The molecule has 0 atom stereocenters. The lowest BCUT2D eigenvalue weighted by Gasteiger charge is -2.06. The maximum atomic E-state index is 9.68. The molecule has 0 radical (unpaired) electrons. The first-order chi connectivity index (χ1) is 8.69. The summed E-state index contributed by atoms with van der Waals surface area (Å²) in [5.41, 5.74) is 1.75. The van der Waals surface area contributed by atoms with Gasteiger partial charge >= 0.3 is 0 Å². The number of hydrogen-bond donors (Lipinski definition) is 2. The molecule has 5 nitrogen and oxygen atoms in total. The molecule has 0 unspecified atom stereocenters. The zero-order valence-electron chi connectivity index (χ0n) is 10.1. The molecule has 18 heavy (non-hydrogen) atoms. The fourth-order valence-corrected chi connectivity index (χ4v) is 2.00. The number of rotatable bonds is 5. The minimum Gasteiger partial charge on any atom is -0.508 e. The Labute approximate surface area is 114 Å². The molecule has 1 aromatic heterocycles. The number of nitrogens with zero attached hydrogens (tertiary/aromatic N) is 3. The van der Waals surface area contributed by atoms with Crippen molar-refractivity contribution in [2.45, 2.75) is 26.6 Å². The average Bonchev–Trinajstić information content (AvgIpc) is 2.81. The Kier molecular flexibility index (Phi) is 4.33. The van der Waals surface area contributed by atoms with Gasteiger partial charge in [-0.2, -0.15) is 15.0 Å². The van der Waals surface area contributed by atoms with Crippen LogP contribution in [0.25, 0.3) is 0 Å². The molecule has 1 aromatic carbocycles. The van der Waals surface area contributed by atoms with Gasteiger partial charge < -0.3 is 10.4 Å². The van der Waals surface area contributed by atoms with E-state index in [2.05, 4.69) is 31.4 Å². The lowest BCUT2D eigenvalue weighted by Crippen LogP contribution is -2.13. The van der Waals surface area contributed by atoms with Crippen molar-refractivity contribution in [2.75, 3.05) is 0 Å². The number of aryl methyl sites for hydroxylation is 1. The van der Waals surface area contributed by atoms with E-state index in [1.165, 1.54) is 0 Å². The number of aromatic nitrogens is 3. The molecule has 0 aliphatic rings. The SMILES string of the molecule is CCn1ncc(CNCc2cc(Br)ccc2O)n1. The maximum Gasteiger partial charge on any atom is 0.120 e. The van der Waals surface area contributed by atoms with Crippen molar-refractivity contribution in [1.82, 2.24) is 20.3 Å². The number of nitrogens with one attached hydrogen (secondary N) is 1. The number of benzene rings is 1. The van der Waals surface area contributed by atoms with Gasteiger partial charge in [-0.05, 0) is 25.1 Å². The summed E-state index contributed by atoms with van der Waals surface area (Å²) in [7, 11) is 0. The van der Waals surface area contributed by atoms with Gasteiger partial charge in [0.05, 0.1) is 18.4 Å². The summed E-state index contributed by atoms with van der Waals surface area (Å²) in [6.07, 6.45) is 1.75. The normalized spacial score (nSPS) is 10.8. The standard InChI is InChI=1S/C12H15BrN4O/c1-2-17-15-8-11(16-17)7-14-6-9-5-10(13)3-4-12(9)18/h3-5,8,14,18H,2,6-7H2,1H3. The van der Waals surface area contributed by atoms with Crippen LogP contribution in [-0.2, 0) is 19.6 Å². The van der Waals surface area contributed by atoms with E-state index >= 15 is 0 Å². The highest BCUT2D eigenvalue weighted by Gasteiger charge is 2.03. The molecule has 0 amide bonds. The van der Waals surface area contributed by atoms with Crippen molar-refractivity contribution in [2.24, 2.45) is 0 Å². The summed E-state index contributed by atoms with van der Waals surface area (Å²) in [6, 6.07) is 5.38. The molecule has 2 N–H and O–H groups in total. The molecule has 1 heterocycles. The smallest absolute Gasteiger partial charge is 0.120 e. The summed E-state index contributed by atoms with van der Waals surface area (Å²) in [4.78, 5) is 1.65. The molecule has 2 aromatic rings. The van der Waals surface area contributed by atoms with Crippen LogP contribution in [0.15, 0.2) is 28.9 Å². The van der Waals surface area contributed by atoms with Gasteiger partial charge in [-0.15, -0.1) is 0 Å². The molecule has 0 spiro atoms. The molecule has 0 saturated carbocycles. The first-order valence-corrected chi connectivity index (χ1v) is 6.55. The Morgan fingerprint density at radius 2 is 2.22 bits per heavy atom. The predicted molar refractivity (Wildman–Crippen MR) is 72.0 cm³/mol. The van der Waals surface area contributed by atoms with Crippen LogP contribution in [0.2, 0.25) is 0 Å². The van der Waals surface area contributed by atoms with Crippen LogP contribution < -0.4 is 5.32 Å². The van der Waals surface area contributed by atoms with Crippen LogP contribution in [0.3, 0.4) is 0 Å². The fourth-order valence-electron chi connectivity index (χ4n) is 1.59. The van der Waals surface area contributed by atoms with Gasteiger partial charge in [0.2, 0.25) is 0 Å². The largest absolute Gasteiger partial charge is 0.508 e. The third-order valence-corrected chi connectivity index (χ3v) is 3.02. The molecule has 2 rings (SSSR count). The van der Waals surface area contributed by atoms with Gasteiger partial charge in [-0.1, -0.05) is 15.9 Å². The number of aromatic hydroxyl groups is 1. The Morgan fingerprint density at radius 1 is 1.39 bits per heavy atom. The van der Waals surface area contributed by atoms with Gasteiger partial charge in [-0.25, -0.2) is 0 Å². The van der Waals surface area contributed by atoms with E-state index in [0.717, 1.165) is 22.3 Å². The zero-order chi connectivity index (χ0) is 13.0. The molecule has 0 bridgehead atoms. The second-order valence-electron chi connectivity index (χ2n) is 3.90. The van der Waals surface area contributed by atoms with E-state index in [0.29, 0.717) is 18.8 Å². The van der Waals surface area contributed by atoms with Crippen LogP contribution in [-0.4, -0.2) is 20.1 Å². The highest BCUT2D eigenvalue weighted by atomic mass is 79.9. The lowest BCUT2D eigenvalue weighted by molar-refractivity contribution is 0.464. The van der Waals surface area contributed by atoms with Crippen LogP contribution >= 0.6 is 15.9 Å². The quantitative estimate of drug-likeness (QED) is 0.887. The Bertz CT molecular complexity index is 527. The van der Waals surface area contributed by atoms with E-state index in [1.54, 1.807) is 17.1 Å². The lowest BCUT2D eigenvalue weighted by atomic mass is 10.2. The van der Waals surface area contributed by atoms with Gasteiger partial charge in [0.1, 0.15) is 5.75 Å². The molecule has 0 aliphatic carbocycles. The van der Waals surface area contributed by atoms with Crippen molar-refractivity contribution in [3.05, 3.63) is 40.1 Å². The van der Waals surface area contributed by atoms with Crippen LogP contribution in [0.4, 0.5) is 0 Å². The summed E-state index contributed by atoms with van der Waals surface area (Å²) in [6.45, 7) is 3.99. The third-order valence-electron chi connectivity index (χ3n) is 2.53. The van der Waals surface area contributed by atoms with Crippen molar-refractivity contribution in [1.29, 1.82) is 0 Å². The molecule has 0 fully saturated rings.